The number of benzene rings is 4. The summed E-state index contributed by atoms with van der Waals surface area (Å²) in [7, 11) is -10.7. The van der Waals surface area contributed by atoms with E-state index in [1.807, 2.05) is 0 Å². The van der Waals surface area contributed by atoms with Gasteiger partial charge in [-0.1, -0.05) is 0 Å². The normalized spacial score (nSPS) is 19.8. The summed E-state index contributed by atoms with van der Waals surface area (Å²) in [4.78, 5) is 5.18. The Morgan fingerprint density at radius 1 is 0.536 bits per heavy atom. The molecular weight excluding hydrogens is 952 g/mol. The van der Waals surface area contributed by atoms with Gasteiger partial charge >= 0.3 is 33.0 Å². The number of nitrogens with zero attached hydrogens (tertiary/aromatic N) is 5. The van der Waals surface area contributed by atoms with Crippen LogP contribution in [0.4, 0.5) is 36.6 Å². The van der Waals surface area contributed by atoms with Crippen LogP contribution < -0.4 is 62.0 Å². The molecule has 4 aromatic carbocycles. The molecule has 0 fully saturated rings. The Kier molecular flexibility index (Phi) is 12.6. The van der Waals surface area contributed by atoms with E-state index in [0.717, 1.165) is 92.6 Å². The number of anilines is 2. The summed E-state index contributed by atoms with van der Waals surface area (Å²) in [6.07, 6.45) is 29.4. The minimum atomic E-state index is -10.7. The fourth-order valence-electron chi connectivity index (χ4n) is 13.1. The van der Waals surface area contributed by atoms with Gasteiger partial charge in [0.15, 0.2) is 0 Å². The number of halogens is 7. The summed E-state index contributed by atoms with van der Waals surface area (Å²) in [5.41, 5.74) is 17.7. The zero-order valence-electron chi connectivity index (χ0n) is 38.7. The van der Waals surface area contributed by atoms with Crippen molar-refractivity contribution in [1.29, 1.82) is 5.26 Å². The van der Waals surface area contributed by atoms with Gasteiger partial charge in [0, 0.05) is 107 Å². The molecule has 366 valence electrons. The van der Waals surface area contributed by atoms with Crippen LogP contribution in [0.2, 0.25) is 0 Å². The van der Waals surface area contributed by atoms with E-state index in [-0.39, 0.29) is 25.9 Å². The molecule has 69 heavy (non-hydrogen) atoms. The number of terminal acetylenes is 1. The van der Waals surface area contributed by atoms with Crippen molar-refractivity contribution in [2.45, 2.75) is 103 Å². The summed E-state index contributed by atoms with van der Waals surface area (Å²) in [5, 5.41) is 15.6. The standard InChI is InChI=1S/C26H26N3O.C25H27N2O.C2H2.ClH.F6P.H2S/c27-15-22-20-13-16-5-1-9-28-11-3-7-18(23(16)28)25(20)30-26-19-8-4-12-29-10-2-6-17(24(19)29)14-21(22)26;1-5-16-13-18-15-19-14-17-6-2-10-27-12-4-8-21(23(17)27)25(19)28-24(18)20-7-3-11-26(9-1)22(16)20;1-2;;1-7(2,3,4,5)6;/h13-14H,1-12H2;13-15H,1-12H2;1-2H;1H;;1H2/q2*+1;;;-1;/p-1/i15+0,27+1;;1+0;;;. The Labute approximate surface area is 411 Å². The minimum Gasteiger partial charge on any atom is -1.00 e. The van der Waals surface area contributed by atoms with Crippen LogP contribution in [0.5, 0.6) is 23.0 Å². The Morgan fingerprint density at radius 2 is 0.971 bits per heavy atom. The van der Waals surface area contributed by atoms with Crippen molar-refractivity contribution in [3.8, 4) is 41.9 Å². The van der Waals surface area contributed by atoms with Crippen molar-refractivity contribution in [3.63, 3.8) is 0 Å². The van der Waals surface area contributed by atoms with Crippen molar-refractivity contribution >= 4 is 44.3 Å². The fraction of sp³-hybridized carbons (Fsp3) is 0.453. The third-order valence-corrected chi connectivity index (χ3v) is 15.3. The topological polar surface area (TPSA) is 54.8 Å². The van der Waals surface area contributed by atoms with E-state index in [0.29, 0.717) is 0 Å². The Hall–Kier alpha value is -4.88. The monoisotopic (exact) mass is 1010 g/mol. The summed E-state index contributed by atoms with van der Waals surface area (Å²) in [5.74, 6) is 4.30. The third-order valence-electron chi connectivity index (χ3n) is 15.3. The van der Waals surface area contributed by atoms with Gasteiger partial charge in [0.2, 0.25) is 10.7 Å². The molecule has 10 heterocycles. The number of rotatable bonds is 0. The van der Waals surface area contributed by atoms with Gasteiger partial charge < -0.3 is 31.7 Å². The van der Waals surface area contributed by atoms with Crippen LogP contribution >= 0.6 is 21.3 Å². The molecule has 0 aromatic heterocycles. The first kappa shape index (κ1) is 49.1. The maximum absolute atomic E-state index is 10.7. The summed E-state index contributed by atoms with van der Waals surface area (Å²) in [6, 6.07) is 12.0. The number of hydrogen-bond donors (Lipinski definition) is 0. The van der Waals surface area contributed by atoms with E-state index in [4.69, 9.17) is 9.47 Å². The van der Waals surface area contributed by atoms with E-state index in [1.54, 1.807) is 11.1 Å². The molecule has 0 amide bonds. The van der Waals surface area contributed by atoms with Crippen molar-refractivity contribution < 1.29 is 47.1 Å². The molecule has 10 aliphatic heterocycles. The van der Waals surface area contributed by atoms with Crippen molar-refractivity contribution in [3.05, 3.63) is 101 Å². The number of hydrogen-bond acceptors (Lipinski definition) is 5. The molecule has 0 atom stereocenters. The van der Waals surface area contributed by atoms with Gasteiger partial charge in [-0.2, -0.15) is 18.8 Å². The van der Waals surface area contributed by atoms with E-state index < -0.39 is 7.81 Å². The molecule has 0 unspecified atom stereocenters. The summed E-state index contributed by atoms with van der Waals surface area (Å²) >= 11 is 0. The Balaban J connectivity index is 0.000000144. The molecule has 14 rings (SSSR count). The number of fused-ring (bicyclic) bond motifs is 8. The van der Waals surface area contributed by atoms with E-state index in [1.165, 1.54) is 168 Å². The van der Waals surface area contributed by atoms with Crippen molar-refractivity contribution in [1.82, 2.24) is 9.15 Å². The first-order valence-corrected chi connectivity index (χ1v) is 26.3. The Morgan fingerprint density at radius 3 is 1.52 bits per heavy atom. The predicted octanol–water partition coefficient (Wildman–Crippen LogP) is 6.05. The molecule has 10 aliphatic rings. The van der Waals surface area contributed by atoms with Crippen molar-refractivity contribution in [2.24, 2.45) is 0 Å². The SMILES string of the molecule is C#[12CH].C1=c2cc3c4c(c2Oc2c1cc1c5c2CCCN5CCC1)CCC[N+]=4CCC3.F[P-](F)(F)(F)(F)F.S.[15N]#[12C]C1=c2cc3c4c(c2Oc2c1cc1c5c2CCCN5CCC1)CCC[N+]=4CCC3.[Cl-]. The molecular formula is C53H57ClF6N5O2PS. The number of aryl methyl sites for hydroxylation is 4. The first-order valence-electron chi connectivity index (χ1n) is 24.3. The minimum absolute atomic E-state index is 0. The van der Waals surface area contributed by atoms with Crippen LogP contribution in [0.3, 0.4) is 0 Å². The first-order chi connectivity index (χ1) is 32.1. The molecule has 0 spiro atoms. The van der Waals surface area contributed by atoms with Crippen LogP contribution in [0, 0.1) is 24.2 Å². The molecule has 0 aliphatic carbocycles. The van der Waals surface area contributed by atoms with E-state index in [9.17, 15) is 30.4 Å². The van der Waals surface area contributed by atoms with Crippen molar-refractivity contribution in [2.75, 3.05) is 62.2 Å². The fourth-order valence-corrected chi connectivity index (χ4v) is 13.1. The van der Waals surface area contributed by atoms with Crippen LogP contribution in [0.25, 0.3) is 11.6 Å². The molecule has 16 heteroatoms. The number of nitriles is 1. The largest absolute Gasteiger partial charge is 1.00 e. The maximum atomic E-state index is 10.3. The average molecular weight is 1010 g/mol. The zero-order chi connectivity index (χ0) is 46.5. The van der Waals surface area contributed by atoms with Gasteiger partial charge in [-0.05, 0) is 119 Å². The summed E-state index contributed by atoms with van der Waals surface area (Å²) in [6.45, 7) is 9.46. The molecule has 0 saturated carbocycles. The van der Waals surface area contributed by atoms with Crippen LogP contribution in [-0.2, 0) is 51.4 Å². The third kappa shape index (κ3) is 9.08. The Bertz CT molecular complexity index is 3150. The van der Waals surface area contributed by atoms with E-state index in [2.05, 4.69) is 68.2 Å². The average Bonchev–Trinajstić information content (AvgIpc) is 3.31. The van der Waals surface area contributed by atoms with Gasteiger partial charge in [-0.15, -0.1) is 12.8 Å². The van der Waals surface area contributed by atoms with Crippen LogP contribution in [0.1, 0.15) is 107 Å². The molecule has 4 aromatic rings. The second-order valence-electron chi connectivity index (χ2n) is 19.6. The molecule has 0 saturated heterocycles. The van der Waals surface area contributed by atoms with Gasteiger partial charge in [0.25, 0.3) is 0 Å². The van der Waals surface area contributed by atoms with Crippen LogP contribution in [0.15, 0.2) is 24.3 Å². The number of ether oxygens (including phenoxy) is 2. The molecule has 0 bridgehead atoms. The zero-order valence-corrected chi connectivity index (χ0v) is 41.3. The molecule has 0 radical (unpaired) electrons. The molecule has 0 N–H and O–H groups in total. The quantitative estimate of drug-likeness (QED) is 0.0623. The summed E-state index contributed by atoms with van der Waals surface area (Å²) < 4.78 is 78.0. The van der Waals surface area contributed by atoms with Gasteiger partial charge in [0.1, 0.15) is 55.2 Å². The second kappa shape index (κ2) is 17.8. The van der Waals surface area contributed by atoms with Gasteiger partial charge in [-0.3, -0.25) is 0 Å². The van der Waals surface area contributed by atoms with Gasteiger partial charge in [0.05, 0.1) is 16.7 Å². The van der Waals surface area contributed by atoms with Gasteiger partial charge in [-0.25, -0.2) is 9.15 Å². The predicted molar refractivity (Wildman–Crippen MR) is 263 cm³/mol. The maximum Gasteiger partial charge on any atom is 0.210 e. The second-order valence-corrected chi connectivity index (χ2v) is 21.5. The smallest absolute Gasteiger partial charge is 0.210 e. The molecule has 7 nitrogen and oxygen atoms in total. The van der Waals surface area contributed by atoms with Crippen LogP contribution in [-0.4, -0.2) is 52.4 Å². The van der Waals surface area contributed by atoms with E-state index >= 15 is 0 Å².